The molecule has 0 saturated carbocycles. The summed E-state index contributed by atoms with van der Waals surface area (Å²) in [6.45, 7) is 0. The molecule has 1 atom stereocenters. The van der Waals surface area contributed by atoms with Gasteiger partial charge in [0.1, 0.15) is 5.75 Å². The number of hydrogen-bond donors (Lipinski definition) is 1. The van der Waals surface area contributed by atoms with Crippen LogP contribution >= 0.6 is 9.24 Å². The molecule has 0 aliphatic heterocycles. The Morgan fingerprint density at radius 1 is 1.10 bits per heavy atom. The van der Waals surface area contributed by atoms with Gasteiger partial charge in [-0.05, 0) is 57.8 Å². The number of anilines is 1. The predicted molar refractivity (Wildman–Crippen MR) is 107 cm³/mol. The van der Waals surface area contributed by atoms with E-state index in [-0.39, 0.29) is 11.3 Å². The van der Waals surface area contributed by atoms with Crippen molar-refractivity contribution in [3.63, 3.8) is 0 Å². The highest BCUT2D eigenvalue weighted by molar-refractivity contribution is 7.17. The molecule has 1 unspecified atom stereocenters. The first kappa shape index (κ1) is 19.0. The lowest BCUT2D eigenvalue weighted by Gasteiger charge is -2.13. The molecule has 4 rings (SSSR count). The van der Waals surface area contributed by atoms with Crippen molar-refractivity contribution in [2.75, 3.05) is 5.32 Å². The van der Waals surface area contributed by atoms with E-state index in [2.05, 4.69) is 20.0 Å². The summed E-state index contributed by atoms with van der Waals surface area (Å²) in [6.07, 6.45) is 1.62. The molecule has 6 nitrogen and oxygen atoms in total. The minimum absolute atomic E-state index is 0.120. The van der Waals surface area contributed by atoms with Gasteiger partial charge in [-0.15, -0.1) is 0 Å². The van der Waals surface area contributed by atoms with Crippen LogP contribution in [0.1, 0.15) is 10.4 Å². The van der Waals surface area contributed by atoms with Crippen molar-refractivity contribution >= 4 is 32.1 Å². The van der Waals surface area contributed by atoms with Crippen molar-refractivity contribution in [2.24, 2.45) is 0 Å². The van der Waals surface area contributed by atoms with E-state index < -0.39 is 11.8 Å². The fraction of sp³-hybridized carbons (Fsp3) is 0.0500. The van der Waals surface area contributed by atoms with Gasteiger partial charge < -0.3 is 14.5 Å². The third-order valence-electron chi connectivity index (χ3n) is 3.88. The van der Waals surface area contributed by atoms with Gasteiger partial charge in [0.25, 0.3) is 5.91 Å². The number of halogens is 2. The number of benzene rings is 2. The van der Waals surface area contributed by atoms with Crippen molar-refractivity contribution in [3.8, 4) is 17.2 Å². The van der Waals surface area contributed by atoms with E-state index in [4.69, 9.17) is 4.42 Å². The third-order valence-corrected chi connectivity index (χ3v) is 4.00. The average molecular weight is 413 g/mol. The maximum absolute atomic E-state index is 13.0. The lowest BCUT2D eigenvalue weighted by molar-refractivity contribution is -0.0892. The molecular weight excluding hydrogens is 399 g/mol. The standard InChI is InChI=1S/C20H14F2N3O3P/c21-20(22,29)28-15-7-2-4-12(11-15)18(26)24-14-6-1-5-13(10-14)19-25-17-16(27-19)8-3-9-23-17/h1-11H,29H2,(H,24,26). The van der Waals surface area contributed by atoms with Crippen LogP contribution in [0.3, 0.4) is 0 Å². The minimum Gasteiger partial charge on any atom is -0.434 e. The summed E-state index contributed by atoms with van der Waals surface area (Å²) < 4.78 is 36.1. The fourth-order valence-corrected chi connectivity index (χ4v) is 2.82. The van der Waals surface area contributed by atoms with Gasteiger partial charge in [0.15, 0.2) is 11.2 Å². The molecular formula is C20H14F2N3O3P. The molecule has 2 aromatic carbocycles. The largest absolute Gasteiger partial charge is 0.434 e. The average Bonchev–Trinajstić information content (AvgIpc) is 3.11. The highest BCUT2D eigenvalue weighted by Gasteiger charge is 2.23. The van der Waals surface area contributed by atoms with E-state index in [0.29, 0.717) is 28.4 Å². The highest BCUT2D eigenvalue weighted by Crippen LogP contribution is 2.28. The van der Waals surface area contributed by atoms with E-state index in [1.165, 1.54) is 33.5 Å². The van der Waals surface area contributed by atoms with Gasteiger partial charge in [-0.1, -0.05) is 12.1 Å². The first-order valence-electron chi connectivity index (χ1n) is 8.46. The molecule has 0 bridgehead atoms. The summed E-state index contributed by atoms with van der Waals surface area (Å²) in [7, 11) is 1.28. The Bertz CT molecular complexity index is 1160. The fourth-order valence-electron chi connectivity index (χ4n) is 2.68. The molecule has 146 valence electrons. The Balaban J connectivity index is 1.55. The van der Waals surface area contributed by atoms with Crippen LogP contribution in [-0.2, 0) is 0 Å². The van der Waals surface area contributed by atoms with Crippen LogP contribution in [0.2, 0.25) is 0 Å². The van der Waals surface area contributed by atoms with Gasteiger partial charge in [0, 0.05) is 23.0 Å². The monoisotopic (exact) mass is 413 g/mol. The van der Waals surface area contributed by atoms with Gasteiger partial charge >= 0.3 is 5.85 Å². The van der Waals surface area contributed by atoms with Gasteiger partial charge in [0.05, 0.1) is 0 Å². The number of nitrogens with zero attached hydrogens (tertiary/aromatic N) is 2. The van der Waals surface area contributed by atoms with Crippen LogP contribution in [0.5, 0.6) is 5.75 Å². The van der Waals surface area contributed by atoms with E-state index in [0.717, 1.165) is 0 Å². The Hall–Kier alpha value is -3.38. The SMILES string of the molecule is O=C(Nc1cccc(-c2nc3ncccc3o2)c1)c1cccc(OC(F)(F)P)c1. The Morgan fingerprint density at radius 2 is 1.93 bits per heavy atom. The Kier molecular flexibility index (Phi) is 4.94. The van der Waals surface area contributed by atoms with Gasteiger partial charge in [-0.3, -0.25) is 4.79 Å². The molecule has 9 heteroatoms. The third kappa shape index (κ3) is 4.55. The lowest BCUT2D eigenvalue weighted by Crippen LogP contribution is -2.16. The number of nitrogens with one attached hydrogen (secondary N) is 1. The molecule has 2 aromatic heterocycles. The van der Waals surface area contributed by atoms with E-state index in [9.17, 15) is 13.6 Å². The van der Waals surface area contributed by atoms with Crippen LogP contribution < -0.4 is 10.1 Å². The molecule has 0 fully saturated rings. The zero-order valence-electron chi connectivity index (χ0n) is 14.8. The second-order valence-electron chi connectivity index (χ2n) is 6.07. The van der Waals surface area contributed by atoms with Crippen LogP contribution in [0.4, 0.5) is 14.5 Å². The molecule has 0 aliphatic rings. The van der Waals surface area contributed by atoms with Crippen molar-refractivity contribution in [2.45, 2.75) is 5.85 Å². The lowest BCUT2D eigenvalue weighted by atomic mass is 10.1. The second-order valence-corrected chi connectivity index (χ2v) is 6.74. The molecule has 2 heterocycles. The minimum atomic E-state index is -3.42. The Labute approximate surface area is 166 Å². The smallest absolute Gasteiger partial charge is 0.408 e. The summed E-state index contributed by atoms with van der Waals surface area (Å²) in [5.41, 5.74) is 2.36. The summed E-state index contributed by atoms with van der Waals surface area (Å²) in [5.74, 6) is -3.64. The summed E-state index contributed by atoms with van der Waals surface area (Å²) in [4.78, 5) is 21.0. The molecule has 0 spiro atoms. The van der Waals surface area contributed by atoms with Crippen molar-refractivity contribution < 1.29 is 22.7 Å². The number of oxazole rings is 1. The second kappa shape index (κ2) is 7.56. The number of amides is 1. The number of rotatable bonds is 5. The predicted octanol–water partition coefficient (Wildman–Crippen LogP) is 4.95. The molecule has 0 radical (unpaired) electrons. The van der Waals surface area contributed by atoms with E-state index in [1.807, 2.05) is 0 Å². The number of fused-ring (bicyclic) bond motifs is 1. The zero-order chi connectivity index (χ0) is 20.4. The number of ether oxygens (including phenoxy) is 1. The summed E-state index contributed by atoms with van der Waals surface area (Å²) in [5, 5.41) is 2.72. The summed E-state index contributed by atoms with van der Waals surface area (Å²) in [6, 6.07) is 16.0. The Morgan fingerprint density at radius 3 is 2.72 bits per heavy atom. The number of pyridine rings is 1. The van der Waals surface area contributed by atoms with Crippen molar-refractivity contribution in [1.82, 2.24) is 9.97 Å². The first-order valence-corrected chi connectivity index (χ1v) is 9.04. The normalized spacial score (nSPS) is 11.4. The van der Waals surface area contributed by atoms with E-state index in [1.54, 1.807) is 42.6 Å². The topological polar surface area (TPSA) is 77.3 Å². The number of alkyl halides is 2. The molecule has 4 aromatic rings. The van der Waals surface area contributed by atoms with Gasteiger partial charge in [-0.2, -0.15) is 13.8 Å². The number of carbonyl (C=O) groups excluding carboxylic acids is 1. The van der Waals surface area contributed by atoms with Crippen LogP contribution in [0.15, 0.2) is 71.3 Å². The molecule has 1 N–H and O–H groups in total. The van der Waals surface area contributed by atoms with Gasteiger partial charge in [-0.25, -0.2) is 4.98 Å². The van der Waals surface area contributed by atoms with Crippen LogP contribution in [-0.4, -0.2) is 21.7 Å². The maximum atomic E-state index is 13.0. The molecule has 0 saturated heterocycles. The van der Waals surface area contributed by atoms with Gasteiger partial charge in [0.2, 0.25) is 5.89 Å². The number of carbonyl (C=O) groups is 1. The molecule has 29 heavy (non-hydrogen) atoms. The highest BCUT2D eigenvalue weighted by atomic mass is 31.0. The maximum Gasteiger partial charge on any atom is 0.408 e. The number of aromatic nitrogens is 2. The quantitative estimate of drug-likeness (QED) is 0.469. The summed E-state index contributed by atoms with van der Waals surface area (Å²) >= 11 is 0. The van der Waals surface area contributed by atoms with E-state index >= 15 is 0 Å². The number of hydrogen-bond acceptors (Lipinski definition) is 5. The van der Waals surface area contributed by atoms with Crippen LogP contribution in [0, 0.1) is 0 Å². The van der Waals surface area contributed by atoms with Crippen molar-refractivity contribution in [3.05, 3.63) is 72.4 Å². The first-order chi connectivity index (χ1) is 13.9. The molecule has 0 aliphatic carbocycles. The van der Waals surface area contributed by atoms with Crippen molar-refractivity contribution in [1.29, 1.82) is 0 Å². The zero-order valence-corrected chi connectivity index (χ0v) is 16.0. The molecule has 1 amide bonds. The van der Waals surface area contributed by atoms with Crippen LogP contribution in [0.25, 0.3) is 22.7 Å².